The van der Waals surface area contributed by atoms with Crippen molar-refractivity contribution in [3.05, 3.63) is 28.2 Å². The molecule has 1 atom stereocenters. The zero-order valence-corrected chi connectivity index (χ0v) is 12.3. The Morgan fingerprint density at radius 2 is 2.29 bits per heavy atom. The average Bonchev–Trinajstić information content (AvgIpc) is 2.31. The van der Waals surface area contributed by atoms with E-state index in [1.807, 2.05) is 0 Å². The molecule has 1 aliphatic heterocycles. The van der Waals surface area contributed by atoms with Gasteiger partial charge in [-0.15, -0.1) is 0 Å². The molecule has 1 saturated heterocycles. The van der Waals surface area contributed by atoms with Crippen molar-refractivity contribution in [2.45, 2.75) is 19.8 Å². The van der Waals surface area contributed by atoms with Crippen LogP contribution in [-0.2, 0) is 0 Å². The smallest absolute Gasteiger partial charge is 0.0381 e. The van der Waals surface area contributed by atoms with Crippen molar-refractivity contribution in [3.8, 4) is 0 Å². The van der Waals surface area contributed by atoms with E-state index in [2.05, 4.69) is 58.3 Å². The van der Waals surface area contributed by atoms with E-state index in [1.54, 1.807) is 0 Å². The van der Waals surface area contributed by atoms with Crippen molar-refractivity contribution in [3.63, 3.8) is 0 Å². The van der Waals surface area contributed by atoms with E-state index in [4.69, 9.17) is 0 Å². The van der Waals surface area contributed by atoms with Gasteiger partial charge in [-0.2, -0.15) is 0 Å². The first-order chi connectivity index (χ1) is 8.16. The van der Waals surface area contributed by atoms with E-state index in [9.17, 15) is 0 Å². The Kier molecular flexibility index (Phi) is 4.46. The fourth-order valence-corrected chi connectivity index (χ4v) is 2.86. The van der Waals surface area contributed by atoms with Crippen molar-refractivity contribution in [1.82, 2.24) is 4.90 Å². The molecule has 0 amide bonds. The minimum Gasteiger partial charge on any atom is -0.384 e. The lowest BCUT2D eigenvalue weighted by atomic mass is 9.98. The van der Waals surface area contributed by atoms with E-state index in [0.29, 0.717) is 0 Å². The SMILES string of the molecule is Cc1c(Br)cccc1NCC1CCCN(C)C1. The van der Waals surface area contributed by atoms with Gasteiger partial charge in [0.2, 0.25) is 0 Å². The van der Waals surface area contributed by atoms with E-state index in [1.165, 1.54) is 41.7 Å². The van der Waals surface area contributed by atoms with Gasteiger partial charge in [-0.1, -0.05) is 22.0 Å². The molecule has 0 bridgehead atoms. The van der Waals surface area contributed by atoms with Gasteiger partial charge in [0.05, 0.1) is 0 Å². The van der Waals surface area contributed by atoms with Crippen LogP contribution in [0.25, 0.3) is 0 Å². The Hall–Kier alpha value is -0.540. The zero-order valence-electron chi connectivity index (χ0n) is 10.7. The van der Waals surface area contributed by atoms with Crippen molar-refractivity contribution >= 4 is 21.6 Å². The predicted octanol–water partition coefficient (Wildman–Crippen LogP) is 3.51. The highest BCUT2D eigenvalue weighted by atomic mass is 79.9. The number of piperidine rings is 1. The highest BCUT2D eigenvalue weighted by Gasteiger charge is 2.16. The summed E-state index contributed by atoms with van der Waals surface area (Å²) in [6.07, 6.45) is 2.69. The second-order valence-electron chi connectivity index (χ2n) is 5.06. The molecule has 1 aromatic rings. The Labute approximate surface area is 113 Å². The monoisotopic (exact) mass is 296 g/mol. The van der Waals surface area contributed by atoms with Gasteiger partial charge in [-0.3, -0.25) is 0 Å². The number of nitrogens with one attached hydrogen (secondary N) is 1. The Morgan fingerprint density at radius 3 is 3.06 bits per heavy atom. The molecule has 1 N–H and O–H groups in total. The molecule has 0 radical (unpaired) electrons. The van der Waals surface area contributed by atoms with Crippen LogP contribution in [0.2, 0.25) is 0 Å². The summed E-state index contributed by atoms with van der Waals surface area (Å²) in [4.78, 5) is 2.43. The number of rotatable bonds is 3. The Bertz CT molecular complexity index is 378. The van der Waals surface area contributed by atoms with Crippen LogP contribution < -0.4 is 5.32 Å². The van der Waals surface area contributed by atoms with Crippen LogP contribution in [0.15, 0.2) is 22.7 Å². The summed E-state index contributed by atoms with van der Waals surface area (Å²) in [7, 11) is 2.22. The molecule has 0 saturated carbocycles. The molecule has 3 heteroatoms. The highest BCUT2D eigenvalue weighted by Crippen LogP contribution is 2.24. The van der Waals surface area contributed by atoms with Gasteiger partial charge in [0.1, 0.15) is 0 Å². The molecule has 0 spiro atoms. The van der Waals surface area contributed by atoms with Crippen LogP contribution >= 0.6 is 15.9 Å². The fourth-order valence-electron chi connectivity index (χ4n) is 2.49. The molecule has 17 heavy (non-hydrogen) atoms. The maximum Gasteiger partial charge on any atom is 0.0381 e. The number of halogens is 1. The minimum atomic E-state index is 0.784. The number of hydrogen-bond donors (Lipinski definition) is 1. The zero-order chi connectivity index (χ0) is 12.3. The molecular weight excluding hydrogens is 276 g/mol. The molecule has 94 valence electrons. The lowest BCUT2D eigenvalue weighted by molar-refractivity contribution is 0.217. The normalized spacial score (nSPS) is 21.5. The number of nitrogens with zero attached hydrogens (tertiary/aromatic N) is 1. The summed E-state index contributed by atoms with van der Waals surface area (Å²) >= 11 is 3.57. The first kappa shape index (κ1) is 12.9. The third-order valence-corrected chi connectivity index (χ3v) is 4.43. The lowest BCUT2D eigenvalue weighted by Gasteiger charge is -2.30. The standard InChI is InChI=1S/C14H21BrN2/c1-11-13(15)6-3-7-14(11)16-9-12-5-4-8-17(2)10-12/h3,6-7,12,16H,4-5,8-10H2,1-2H3. The van der Waals surface area contributed by atoms with Crippen molar-refractivity contribution in [2.24, 2.45) is 5.92 Å². The molecule has 2 rings (SSSR count). The van der Waals surface area contributed by atoms with Crippen LogP contribution in [-0.4, -0.2) is 31.6 Å². The molecule has 1 aliphatic rings. The van der Waals surface area contributed by atoms with Gasteiger partial charge < -0.3 is 10.2 Å². The molecule has 1 fully saturated rings. The quantitative estimate of drug-likeness (QED) is 0.918. The Morgan fingerprint density at radius 1 is 1.47 bits per heavy atom. The maximum atomic E-state index is 3.59. The number of hydrogen-bond acceptors (Lipinski definition) is 2. The molecule has 1 aromatic carbocycles. The van der Waals surface area contributed by atoms with E-state index < -0.39 is 0 Å². The first-order valence-corrected chi connectivity index (χ1v) is 7.13. The molecule has 0 aliphatic carbocycles. The van der Waals surface area contributed by atoms with Crippen LogP contribution in [0.3, 0.4) is 0 Å². The summed E-state index contributed by atoms with van der Waals surface area (Å²) in [6.45, 7) is 5.72. The van der Waals surface area contributed by atoms with Crippen molar-refractivity contribution in [2.75, 3.05) is 32.0 Å². The summed E-state index contributed by atoms with van der Waals surface area (Å²) < 4.78 is 1.18. The van der Waals surface area contributed by atoms with E-state index in [0.717, 1.165) is 12.5 Å². The third kappa shape index (κ3) is 3.46. The van der Waals surface area contributed by atoms with Gasteiger partial charge in [0.25, 0.3) is 0 Å². The summed E-state index contributed by atoms with van der Waals surface area (Å²) in [5.41, 5.74) is 2.56. The average molecular weight is 297 g/mol. The van der Waals surface area contributed by atoms with E-state index in [-0.39, 0.29) is 0 Å². The van der Waals surface area contributed by atoms with Crippen LogP contribution in [0, 0.1) is 12.8 Å². The van der Waals surface area contributed by atoms with Crippen molar-refractivity contribution < 1.29 is 0 Å². The molecular formula is C14H21BrN2. The number of benzene rings is 1. The van der Waals surface area contributed by atoms with Crippen LogP contribution in [0.1, 0.15) is 18.4 Å². The third-order valence-electron chi connectivity index (χ3n) is 3.57. The topological polar surface area (TPSA) is 15.3 Å². The Balaban J connectivity index is 1.91. The van der Waals surface area contributed by atoms with Gasteiger partial charge >= 0.3 is 0 Å². The van der Waals surface area contributed by atoms with E-state index >= 15 is 0 Å². The van der Waals surface area contributed by atoms with Gasteiger partial charge in [-0.05, 0) is 57.0 Å². The summed E-state index contributed by atoms with van der Waals surface area (Å²) in [5, 5.41) is 3.59. The molecule has 1 heterocycles. The van der Waals surface area contributed by atoms with Gasteiger partial charge in [0.15, 0.2) is 0 Å². The molecule has 1 unspecified atom stereocenters. The lowest BCUT2D eigenvalue weighted by Crippen LogP contribution is -2.35. The first-order valence-electron chi connectivity index (χ1n) is 6.34. The van der Waals surface area contributed by atoms with Gasteiger partial charge in [-0.25, -0.2) is 0 Å². The number of anilines is 1. The summed E-state index contributed by atoms with van der Waals surface area (Å²) in [6, 6.07) is 6.34. The second-order valence-corrected chi connectivity index (χ2v) is 5.92. The van der Waals surface area contributed by atoms with Crippen molar-refractivity contribution in [1.29, 1.82) is 0 Å². The predicted molar refractivity (Wildman–Crippen MR) is 77.6 cm³/mol. The molecule has 2 nitrogen and oxygen atoms in total. The maximum absolute atomic E-state index is 3.59. The second kappa shape index (κ2) is 5.87. The van der Waals surface area contributed by atoms with Crippen LogP contribution in [0.4, 0.5) is 5.69 Å². The largest absolute Gasteiger partial charge is 0.384 e. The highest BCUT2D eigenvalue weighted by molar-refractivity contribution is 9.10. The minimum absolute atomic E-state index is 0.784. The van der Waals surface area contributed by atoms with Crippen LogP contribution in [0.5, 0.6) is 0 Å². The summed E-state index contributed by atoms with van der Waals surface area (Å²) in [5.74, 6) is 0.784. The molecule has 0 aromatic heterocycles. The number of likely N-dealkylation sites (tertiary alicyclic amines) is 1. The fraction of sp³-hybridized carbons (Fsp3) is 0.571. The van der Waals surface area contributed by atoms with Gasteiger partial charge in [0, 0.05) is 23.2 Å².